The van der Waals surface area contributed by atoms with Crippen molar-refractivity contribution in [3.8, 4) is 5.69 Å². The van der Waals surface area contributed by atoms with Crippen molar-refractivity contribution in [3.05, 3.63) is 75.0 Å². The van der Waals surface area contributed by atoms with Gasteiger partial charge >= 0.3 is 0 Å². The molecule has 0 aliphatic rings. The van der Waals surface area contributed by atoms with Gasteiger partial charge in [-0.15, -0.1) is 0 Å². The lowest BCUT2D eigenvalue weighted by Crippen LogP contribution is -2.28. The van der Waals surface area contributed by atoms with Crippen molar-refractivity contribution in [1.29, 1.82) is 0 Å². The van der Waals surface area contributed by atoms with Crippen molar-refractivity contribution < 1.29 is 9.18 Å². The third-order valence-corrected chi connectivity index (χ3v) is 5.75. The molecule has 0 aliphatic carbocycles. The second kappa shape index (κ2) is 9.55. The van der Waals surface area contributed by atoms with E-state index in [1.807, 2.05) is 0 Å². The molecule has 12 heteroatoms. The first kappa shape index (κ1) is 23.9. The summed E-state index contributed by atoms with van der Waals surface area (Å²) >= 11 is 6.23. The first-order valence-corrected chi connectivity index (χ1v) is 11.0. The fraction of sp³-hybridized carbons (Fsp3) is 0.174. The number of nitrogen functional groups attached to an aromatic ring is 2. The number of nitrogens with one attached hydrogen (secondary N) is 1. The normalized spacial score (nSPS) is 12.0. The molecule has 4 aromatic rings. The van der Waals surface area contributed by atoms with Gasteiger partial charge in [-0.1, -0.05) is 35.9 Å². The number of aryl methyl sites for hydroxylation is 1. The molecule has 0 aliphatic heterocycles. The van der Waals surface area contributed by atoms with Crippen LogP contribution in [0.2, 0.25) is 5.02 Å². The standard InChI is InChI=1S/C23H22ClFN8O2/c1-11(29-20-17(24)19(27)31-23(28)32-20)21-30-18-14(25)9-7-12(8-10-15(26)34)16(18)22(35)33(21)13-5-3-2-4-6-13/h2-7,9,11H,8,10H2,1H3,(H2,26,34)(H5,27,28,29,31,32). The SMILES string of the molecule is CC(Nc1nc(N)nc(N)c1Cl)c1nc2c(F)ccc(CCC(N)=O)c2c(=O)n1-c1ccccc1. The molecule has 2 aromatic heterocycles. The number of hydrogen-bond donors (Lipinski definition) is 4. The summed E-state index contributed by atoms with van der Waals surface area (Å²) in [6, 6.07) is 10.7. The van der Waals surface area contributed by atoms with E-state index in [2.05, 4.69) is 20.3 Å². The monoisotopic (exact) mass is 496 g/mol. The average molecular weight is 497 g/mol. The summed E-state index contributed by atoms with van der Waals surface area (Å²) in [5.41, 5.74) is 17.1. The summed E-state index contributed by atoms with van der Waals surface area (Å²) in [6.45, 7) is 1.70. The van der Waals surface area contributed by atoms with E-state index in [1.165, 1.54) is 16.7 Å². The van der Waals surface area contributed by atoms with Gasteiger partial charge in [0.15, 0.2) is 5.82 Å². The van der Waals surface area contributed by atoms with E-state index in [1.54, 1.807) is 37.3 Å². The number of hydrogen-bond acceptors (Lipinski definition) is 8. The van der Waals surface area contributed by atoms with E-state index in [0.29, 0.717) is 11.3 Å². The molecule has 10 nitrogen and oxygen atoms in total. The van der Waals surface area contributed by atoms with E-state index in [-0.39, 0.29) is 52.2 Å². The van der Waals surface area contributed by atoms with Gasteiger partial charge < -0.3 is 22.5 Å². The van der Waals surface area contributed by atoms with Crippen molar-refractivity contribution in [2.45, 2.75) is 25.8 Å². The lowest BCUT2D eigenvalue weighted by atomic mass is 10.0. The molecule has 180 valence electrons. The quantitative estimate of drug-likeness (QED) is 0.303. The van der Waals surface area contributed by atoms with Crippen molar-refractivity contribution >= 4 is 46.0 Å². The Kier molecular flexibility index (Phi) is 6.52. The van der Waals surface area contributed by atoms with E-state index in [4.69, 9.17) is 28.8 Å². The average Bonchev–Trinajstić information content (AvgIpc) is 2.82. The highest BCUT2D eigenvalue weighted by Crippen LogP contribution is 2.30. The first-order valence-electron chi connectivity index (χ1n) is 10.6. The molecule has 1 atom stereocenters. The van der Waals surface area contributed by atoms with Crippen LogP contribution in [0.4, 0.5) is 22.0 Å². The molecule has 0 saturated carbocycles. The number of aromatic nitrogens is 4. The van der Waals surface area contributed by atoms with E-state index in [9.17, 15) is 14.0 Å². The molecule has 0 bridgehead atoms. The number of rotatable bonds is 7. The van der Waals surface area contributed by atoms with Crippen LogP contribution in [0.25, 0.3) is 16.6 Å². The lowest BCUT2D eigenvalue weighted by molar-refractivity contribution is -0.117. The summed E-state index contributed by atoms with van der Waals surface area (Å²) in [6.07, 6.45) is 0.167. The second-order valence-corrected chi connectivity index (χ2v) is 8.22. The smallest absolute Gasteiger partial charge is 0.266 e. The van der Waals surface area contributed by atoms with Gasteiger partial charge in [0.05, 0.1) is 17.1 Å². The molecule has 2 aromatic carbocycles. The number of primary amides is 1. The molecule has 1 amide bonds. The summed E-state index contributed by atoms with van der Waals surface area (Å²) in [7, 11) is 0. The lowest BCUT2D eigenvalue weighted by Gasteiger charge is -2.21. The molecule has 35 heavy (non-hydrogen) atoms. The third kappa shape index (κ3) is 4.71. The molecule has 7 N–H and O–H groups in total. The van der Waals surface area contributed by atoms with Crippen LogP contribution < -0.4 is 28.1 Å². The van der Waals surface area contributed by atoms with Crippen LogP contribution in [-0.4, -0.2) is 25.4 Å². The highest BCUT2D eigenvalue weighted by Gasteiger charge is 2.23. The summed E-state index contributed by atoms with van der Waals surface area (Å²) in [5.74, 6) is -1.01. The minimum absolute atomic E-state index is 0.000272. The number of nitrogens with two attached hydrogens (primary N) is 3. The fourth-order valence-electron chi connectivity index (χ4n) is 3.77. The van der Waals surface area contributed by atoms with Crippen LogP contribution in [0, 0.1) is 5.82 Å². The molecule has 4 rings (SSSR count). The number of amides is 1. The van der Waals surface area contributed by atoms with Crippen LogP contribution in [0.15, 0.2) is 47.3 Å². The van der Waals surface area contributed by atoms with Crippen LogP contribution in [0.5, 0.6) is 0 Å². The van der Waals surface area contributed by atoms with Gasteiger partial charge in [0, 0.05) is 6.42 Å². The van der Waals surface area contributed by atoms with Gasteiger partial charge in [-0.3, -0.25) is 14.2 Å². The van der Waals surface area contributed by atoms with E-state index >= 15 is 0 Å². The number of nitrogens with zero attached hydrogens (tertiary/aromatic N) is 4. The fourth-order valence-corrected chi connectivity index (χ4v) is 3.91. The largest absolute Gasteiger partial charge is 0.382 e. The minimum atomic E-state index is -0.702. The topological polar surface area (TPSA) is 168 Å². The number of para-hydroxylation sites is 1. The van der Waals surface area contributed by atoms with Crippen LogP contribution in [0.1, 0.15) is 30.8 Å². The highest BCUT2D eigenvalue weighted by molar-refractivity contribution is 6.35. The van der Waals surface area contributed by atoms with Crippen molar-refractivity contribution in [2.75, 3.05) is 16.8 Å². The number of carbonyl (C=O) groups excluding carboxylic acids is 1. The molecule has 0 spiro atoms. The summed E-state index contributed by atoms with van der Waals surface area (Å²) in [4.78, 5) is 37.6. The Balaban J connectivity index is 1.95. The second-order valence-electron chi connectivity index (χ2n) is 7.84. The third-order valence-electron chi connectivity index (χ3n) is 5.38. The Hall–Kier alpha value is -4.25. The molecule has 0 saturated heterocycles. The van der Waals surface area contributed by atoms with Crippen molar-refractivity contribution in [2.24, 2.45) is 5.73 Å². The molecular weight excluding hydrogens is 475 g/mol. The molecular formula is C23H22ClFN8O2. The van der Waals surface area contributed by atoms with Crippen molar-refractivity contribution in [1.82, 2.24) is 19.5 Å². The zero-order chi connectivity index (χ0) is 25.3. The predicted molar refractivity (Wildman–Crippen MR) is 133 cm³/mol. The molecule has 1 unspecified atom stereocenters. The van der Waals surface area contributed by atoms with Gasteiger partial charge in [0.2, 0.25) is 11.9 Å². The van der Waals surface area contributed by atoms with Gasteiger partial charge in [-0.05, 0) is 37.1 Å². The zero-order valence-corrected chi connectivity index (χ0v) is 19.4. The van der Waals surface area contributed by atoms with E-state index < -0.39 is 23.3 Å². The highest BCUT2D eigenvalue weighted by atomic mass is 35.5. The van der Waals surface area contributed by atoms with Crippen molar-refractivity contribution in [3.63, 3.8) is 0 Å². The minimum Gasteiger partial charge on any atom is -0.382 e. The number of anilines is 3. The maximum Gasteiger partial charge on any atom is 0.266 e. The molecule has 0 radical (unpaired) electrons. The number of fused-ring (bicyclic) bond motifs is 1. The van der Waals surface area contributed by atoms with Crippen LogP contribution in [-0.2, 0) is 11.2 Å². The molecule has 2 heterocycles. The number of carbonyl (C=O) groups is 1. The Morgan fingerprint density at radius 3 is 2.54 bits per heavy atom. The Morgan fingerprint density at radius 2 is 1.86 bits per heavy atom. The van der Waals surface area contributed by atoms with Gasteiger partial charge in [0.1, 0.15) is 28.0 Å². The predicted octanol–water partition coefficient (Wildman–Crippen LogP) is 2.72. The maximum absolute atomic E-state index is 14.9. The number of halogens is 2. The Morgan fingerprint density at radius 1 is 1.14 bits per heavy atom. The maximum atomic E-state index is 14.9. The van der Waals surface area contributed by atoms with Gasteiger partial charge in [-0.25, -0.2) is 9.37 Å². The number of benzene rings is 2. The van der Waals surface area contributed by atoms with Gasteiger partial charge in [0.25, 0.3) is 5.56 Å². The van der Waals surface area contributed by atoms with Gasteiger partial charge in [-0.2, -0.15) is 9.97 Å². The van der Waals surface area contributed by atoms with Crippen LogP contribution >= 0.6 is 11.6 Å². The summed E-state index contributed by atoms with van der Waals surface area (Å²) < 4.78 is 16.3. The Bertz CT molecular complexity index is 1490. The summed E-state index contributed by atoms with van der Waals surface area (Å²) in [5, 5.41) is 3.15. The molecule has 0 fully saturated rings. The zero-order valence-electron chi connectivity index (χ0n) is 18.6. The van der Waals surface area contributed by atoms with E-state index in [0.717, 1.165) is 0 Å². The van der Waals surface area contributed by atoms with Crippen LogP contribution in [0.3, 0.4) is 0 Å². The first-order chi connectivity index (χ1) is 16.7. The Labute approximate surface area is 204 Å².